The number of nitrogens with zero attached hydrogens (tertiary/aromatic N) is 2. The van der Waals surface area contributed by atoms with Gasteiger partial charge >= 0.3 is 0 Å². The second-order valence-electron chi connectivity index (χ2n) is 10.5. The van der Waals surface area contributed by atoms with Crippen LogP contribution in [0.5, 0.6) is 17.2 Å². The average molecular weight is 507 g/mol. The van der Waals surface area contributed by atoms with E-state index >= 15 is 0 Å². The van der Waals surface area contributed by atoms with Crippen molar-refractivity contribution in [1.29, 1.82) is 0 Å². The Balaban J connectivity index is 1.28. The minimum absolute atomic E-state index is 0.122. The first-order valence-electron chi connectivity index (χ1n) is 13.6. The number of fused-ring (bicyclic) bond motifs is 1. The summed E-state index contributed by atoms with van der Waals surface area (Å²) in [6, 6.07) is 13.0. The molecule has 7 heteroatoms. The minimum Gasteiger partial charge on any atom is -0.493 e. The zero-order valence-corrected chi connectivity index (χ0v) is 22.0. The van der Waals surface area contributed by atoms with E-state index in [9.17, 15) is 9.59 Å². The largest absolute Gasteiger partial charge is 0.493 e. The van der Waals surface area contributed by atoms with Gasteiger partial charge < -0.3 is 14.2 Å². The van der Waals surface area contributed by atoms with Crippen molar-refractivity contribution in [1.82, 2.24) is 9.80 Å². The fraction of sp³-hybridized carbons (Fsp3) is 0.533. The van der Waals surface area contributed by atoms with E-state index in [-0.39, 0.29) is 31.0 Å². The van der Waals surface area contributed by atoms with Crippen molar-refractivity contribution in [2.45, 2.75) is 64.5 Å². The maximum atomic E-state index is 11.8. The van der Waals surface area contributed by atoms with E-state index in [0.717, 1.165) is 37.8 Å². The number of rotatable bonds is 11. The number of carbonyl (C=O) groups excluding carboxylic acids is 2. The summed E-state index contributed by atoms with van der Waals surface area (Å²) in [5.41, 5.74) is 3.81. The number of amides is 2. The summed E-state index contributed by atoms with van der Waals surface area (Å²) < 4.78 is 17.3. The van der Waals surface area contributed by atoms with E-state index in [1.807, 2.05) is 12.1 Å². The number of hydrogen-bond acceptors (Lipinski definition) is 6. The van der Waals surface area contributed by atoms with E-state index in [4.69, 9.17) is 14.2 Å². The molecule has 1 atom stereocenters. The lowest BCUT2D eigenvalue weighted by Gasteiger charge is -2.32. The second-order valence-corrected chi connectivity index (χ2v) is 10.5. The molecule has 7 nitrogen and oxygen atoms in total. The van der Waals surface area contributed by atoms with Gasteiger partial charge in [-0.25, -0.2) is 0 Å². The molecule has 37 heavy (non-hydrogen) atoms. The van der Waals surface area contributed by atoms with Gasteiger partial charge in [0, 0.05) is 38.4 Å². The van der Waals surface area contributed by atoms with Gasteiger partial charge in [-0.05, 0) is 60.6 Å². The van der Waals surface area contributed by atoms with Gasteiger partial charge in [0.15, 0.2) is 11.5 Å². The summed E-state index contributed by atoms with van der Waals surface area (Å²) in [4.78, 5) is 27.6. The highest BCUT2D eigenvalue weighted by Crippen LogP contribution is 2.35. The molecule has 1 saturated heterocycles. The summed E-state index contributed by atoms with van der Waals surface area (Å²) >= 11 is 0. The lowest BCUT2D eigenvalue weighted by atomic mass is 9.99. The molecule has 2 amide bonds. The van der Waals surface area contributed by atoms with Gasteiger partial charge in [0.05, 0.1) is 20.3 Å². The van der Waals surface area contributed by atoms with Crippen LogP contribution in [-0.4, -0.2) is 55.0 Å². The standard InChI is InChI=1S/C30H38N2O5/c1-21(24-8-10-26-25(18-24)13-15-36-26)31(19-22-5-3-4-6-22)20-23-7-9-27(28(17-23)35-2)37-16-14-32-29(33)11-12-30(32)34/h7-10,17-18,21-22H,3-6,11-16,19-20H2,1-2H3/t21-/m0/s1. The van der Waals surface area contributed by atoms with Crippen LogP contribution in [0, 0.1) is 5.92 Å². The molecule has 5 rings (SSSR count). The van der Waals surface area contributed by atoms with Crippen LogP contribution in [0.4, 0.5) is 0 Å². The first kappa shape index (κ1) is 25.6. The number of likely N-dealkylation sites (tertiary alicyclic amines) is 1. The van der Waals surface area contributed by atoms with Crippen molar-refractivity contribution in [2.75, 3.05) is 33.4 Å². The molecule has 0 radical (unpaired) electrons. The Bertz CT molecular complexity index is 1110. The van der Waals surface area contributed by atoms with Crippen LogP contribution < -0.4 is 14.2 Å². The Labute approximate surface area is 219 Å². The Morgan fingerprint density at radius 2 is 1.81 bits per heavy atom. The number of carbonyl (C=O) groups is 2. The second kappa shape index (κ2) is 11.5. The predicted molar refractivity (Wildman–Crippen MR) is 141 cm³/mol. The number of methoxy groups -OCH3 is 1. The third-order valence-electron chi connectivity index (χ3n) is 8.05. The van der Waals surface area contributed by atoms with Gasteiger partial charge in [0.2, 0.25) is 11.8 Å². The van der Waals surface area contributed by atoms with Gasteiger partial charge in [-0.3, -0.25) is 19.4 Å². The van der Waals surface area contributed by atoms with Crippen LogP contribution >= 0.6 is 0 Å². The maximum Gasteiger partial charge on any atom is 0.229 e. The van der Waals surface area contributed by atoms with Crippen molar-refractivity contribution >= 4 is 11.8 Å². The van der Waals surface area contributed by atoms with Gasteiger partial charge in [0.25, 0.3) is 0 Å². The van der Waals surface area contributed by atoms with E-state index in [0.29, 0.717) is 24.3 Å². The monoisotopic (exact) mass is 506 g/mol. The van der Waals surface area contributed by atoms with Crippen LogP contribution in [0.2, 0.25) is 0 Å². The van der Waals surface area contributed by atoms with Gasteiger partial charge in [-0.1, -0.05) is 31.0 Å². The third kappa shape index (κ3) is 5.93. The van der Waals surface area contributed by atoms with Crippen LogP contribution in [0.15, 0.2) is 36.4 Å². The normalized spacial score (nSPS) is 18.4. The molecule has 0 N–H and O–H groups in total. The number of ether oxygens (including phenoxy) is 3. The molecule has 2 aromatic carbocycles. The summed E-state index contributed by atoms with van der Waals surface area (Å²) in [7, 11) is 1.64. The topological polar surface area (TPSA) is 68.3 Å². The SMILES string of the molecule is COc1cc(CN(CC2CCCC2)[C@@H](C)c2ccc3c(c2)CCO3)ccc1OCCN1C(=O)CCC1=O. The summed E-state index contributed by atoms with van der Waals surface area (Å²) in [5.74, 6) is 2.81. The fourth-order valence-corrected chi connectivity index (χ4v) is 5.84. The predicted octanol–water partition coefficient (Wildman–Crippen LogP) is 4.91. The highest BCUT2D eigenvalue weighted by atomic mass is 16.5. The molecule has 0 unspecified atom stereocenters. The van der Waals surface area contributed by atoms with Crippen molar-refractivity contribution in [2.24, 2.45) is 5.92 Å². The van der Waals surface area contributed by atoms with E-state index in [1.165, 1.54) is 47.3 Å². The molecule has 2 aliphatic heterocycles. The molecule has 198 valence electrons. The molecular weight excluding hydrogens is 468 g/mol. The molecular formula is C30H38N2O5. The molecule has 0 aromatic heterocycles. The van der Waals surface area contributed by atoms with Crippen molar-refractivity contribution in [3.63, 3.8) is 0 Å². The number of imide groups is 1. The smallest absolute Gasteiger partial charge is 0.229 e. The lowest BCUT2D eigenvalue weighted by Crippen LogP contribution is -2.33. The Morgan fingerprint density at radius 3 is 2.57 bits per heavy atom. The molecule has 2 aromatic rings. The fourth-order valence-electron chi connectivity index (χ4n) is 5.84. The number of benzene rings is 2. The molecule has 1 saturated carbocycles. The summed E-state index contributed by atoms with van der Waals surface area (Å²) in [6.45, 7) is 5.49. The molecule has 2 heterocycles. The van der Waals surface area contributed by atoms with Crippen LogP contribution in [0.25, 0.3) is 0 Å². The maximum absolute atomic E-state index is 11.8. The van der Waals surface area contributed by atoms with Crippen LogP contribution in [0.3, 0.4) is 0 Å². The Morgan fingerprint density at radius 1 is 1.03 bits per heavy atom. The zero-order chi connectivity index (χ0) is 25.8. The highest BCUT2D eigenvalue weighted by molar-refractivity contribution is 6.01. The molecule has 1 aliphatic carbocycles. The Hall–Kier alpha value is -3.06. The van der Waals surface area contributed by atoms with Crippen molar-refractivity contribution in [3.05, 3.63) is 53.1 Å². The van der Waals surface area contributed by atoms with Gasteiger partial charge in [0.1, 0.15) is 12.4 Å². The third-order valence-corrected chi connectivity index (χ3v) is 8.05. The Kier molecular flexibility index (Phi) is 7.99. The van der Waals surface area contributed by atoms with E-state index in [1.54, 1.807) is 7.11 Å². The minimum atomic E-state index is -0.122. The first-order chi connectivity index (χ1) is 18.0. The molecule has 3 aliphatic rings. The molecule has 0 bridgehead atoms. The average Bonchev–Trinajstić information content (AvgIpc) is 3.66. The summed E-state index contributed by atoms with van der Waals surface area (Å²) in [6.07, 6.45) is 6.85. The van der Waals surface area contributed by atoms with E-state index < -0.39 is 0 Å². The molecule has 0 spiro atoms. The van der Waals surface area contributed by atoms with Crippen molar-refractivity contribution < 1.29 is 23.8 Å². The lowest BCUT2D eigenvalue weighted by molar-refractivity contribution is -0.138. The summed E-state index contributed by atoms with van der Waals surface area (Å²) in [5, 5.41) is 0. The van der Waals surface area contributed by atoms with Crippen LogP contribution in [-0.2, 0) is 22.6 Å². The zero-order valence-electron chi connectivity index (χ0n) is 22.0. The first-order valence-corrected chi connectivity index (χ1v) is 13.6. The molecule has 2 fully saturated rings. The quantitative estimate of drug-likeness (QED) is 0.404. The number of hydrogen-bond donors (Lipinski definition) is 0. The highest BCUT2D eigenvalue weighted by Gasteiger charge is 2.28. The van der Waals surface area contributed by atoms with Gasteiger partial charge in [-0.2, -0.15) is 0 Å². The van der Waals surface area contributed by atoms with Crippen LogP contribution in [0.1, 0.15) is 68.2 Å². The van der Waals surface area contributed by atoms with Gasteiger partial charge in [-0.15, -0.1) is 0 Å². The van der Waals surface area contributed by atoms with Crippen molar-refractivity contribution in [3.8, 4) is 17.2 Å². The van der Waals surface area contributed by atoms with E-state index in [2.05, 4.69) is 36.1 Å².